The summed E-state index contributed by atoms with van der Waals surface area (Å²) in [6, 6.07) is 12.5. The third-order valence-electron chi connectivity index (χ3n) is 4.20. The Labute approximate surface area is 182 Å². The highest BCUT2D eigenvalue weighted by Crippen LogP contribution is 2.35. The molecule has 0 fully saturated rings. The second-order valence-corrected chi connectivity index (χ2v) is 8.09. The van der Waals surface area contributed by atoms with Crippen LogP contribution < -0.4 is 0 Å². The molecule has 2 heterocycles. The molecule has 2 aromatic heterocycles. The molecule has 2 aromatic carbocycles. The van der Waals surface area contributed by atoms with Crippen LogP contribution in [0.3, 0.4) is 0 Å². The van der Waals surface area contributed by atoms with E-state index in [0.29, 0.717) is 29.0 Å². The molecule has 30 heavy (non-hydrogen) atoms. The molecule has 0 atom stereocenters. The van der Waals surface area contributed by atoms with E-state index < -0.39 is 11.7 Å². The van der Waals surface area contributed by atoms with Gasteiger partial charge in [0.25, 0.3) is 0 Å². The predicted octanol–water partition coefficient (Wildman–Crippen LogP) is 5.10. The van der Waals surface area contributed by atoms with E-state index >= 15 is 0 Å². The summed E-state index contributed by atoms with van der Waals surface area (Å²) >= 11 is 4.87. The Hall–Kier alpha value is -2.66. The van der Waals surface area contributed by atoms with E-state index in [1.807, 2.05) is 24.3 Å². The number of nitrogens with zero attached hydrogens (tertiary/aromatic N) is 6. The number of halogens is 4. The van der Waals surface area contributed by atoms with Gasteiger partial charge in [0.15, 0.2) is 11.0 Å². The van der Waals surface area contributed by atoms with Gasteiger partial charge in [0.05, 0.1) is 17.8 Å². The fourth-order valence-corrected chi connectivity index (χ4v) is 4.16. The van der Waals surface area contributed by atoms with Crippen LogP contribution in [0.2, 0.25) is 0 Å². The largest absolute Gasteiger partial charge is 0.416 e. The minimum absolute atomic E-state index is 0.337. The number of aromatic nitrogens is 6. The molecule has 11 heteroatoms. The fourth-order valence-electron chi connectivity index (χ4n) is 2.81. The Balaban J connectivity index is 1.75. The molecule has 0 unspecified atom stereocenters. The zero-order chi connectivity index (χ0) is 21.1. The molecule has 0 amide bonds. The molecule has 0 spiro atoms. The van der Waals surface area contributed by atoms with Crippen LogP contribution in [0.4, 0.5) is 13.2 Å². The van der Waals surface area contributed by atoms with Gasteiger partial charge >= 0.3 is 6.18 Å². The van der Waals surface area contributed by atoms with Crippen LogP contribution in [0.1, 0.15) is 5.56 Å². The zero-order valence-electron chi connectivity index (χ0n) is 15.3. The van der Waals surface area contributed by atoms with Crippen molar-refractivity contribution in [2.45, 2.75) is 17.9 Å². The van der Waals surface area contributed by atoms with E-state index in [9.17, 15) is 13.2 Å². The van der Waals surface area contributed by atoms with E-state index in [4.69, 9.17) is 0 Å². The first kappa shape index (κ1) is 20.6. The molecular formula is C19H14BrF3N6S. The van der Waals surface area contributed by atoms with Crippen LogP contribution >= 0.6 is 27.7 Å². The van der Waals surface area contributed by atoms with Crippen LogP contribution in [0.5, 0.6) is 0 Å². The third kappa shape index (κ3) is 4.41. The molecule has 0 radical (unpaired) electrons. The molecular weight excluding hydrogens is 481 g/mol. The maximum absolute atomic E-state index is 13.3. The monoisotopic (exact) mass is 494 g/mol. The summed E-state index contributed by atoms with van der Waals surface area (Å²) in [5, 5.41) is 13.1. The van der Waals surface area contributed by atoms with Crippen LogP contribution in [0.25, 0.3) is 17.1 Å². The van der Waals surface area contributed by atoms with Crippen LogP contribution in [0, 0.1) is 0 Å². The summed E-state index contributed by atoms with van der Waals surface area (Å²) in [4.78, 5) is 3.90. The average Bonchev–Trinajstić information content (AvgIpc) is 3.38. The van der Waals surface area contributed by atoms with E-state index in [2.05, 4.69) is 36.2 Å². The molecule has 154 valence electrons. The highest BCUT2D eigenvalue weighted by molar-refractivity contribution is 9.10. The maximum atomic E-state index is 13.3. The zero-order valence-corrected chi connectivity index (χ0v) is 17.7. The second-order valence-electron chi connectivity index (χ2n) is 6.18. The number of hydrogen-bond acceptors (Lipinski definition) is 5. The topological polar surface area (TPSA) is 61.4 Å². The lowest BCUT2D eigenvalue weighted by Gasteiger charge is -2.13. The first-order valence-electron chi connectivity index (χ1n) is 8.76. The Morgan fingerprint density at radius 2 is 1.87 bits per heavy atom. The van der Waals surface area contributed by atoms with Gasteiger partial charge in [-0.3, -0.25) is 9.25 Å². The molecule has 0 N–H and O–H groups in total. The number of hydrogen-bond donors (Lipinski definition) is 0. The van der Waals surface area contributed by atoms with Crippen molar-refractivity contribution in [1.29, 1.82) is 0 Å². The van der Waals surface area contributed by atoms with Gasteiger partial charge in [0.1, 0.15) is 12.7 Å². The van der Waals surface area contributed by atoms with Crippen molar-refractivity contribution in [3.05, 3.63) is 71.2 Å². The van der Waals surface area contributed by atoms with Crippen LogP contribution in [-0.4, -0.2) is 35.3 Å². The highest BCUT2D eigenvalue weighted by Gasteiger charge is 2.31. The number of alkyl halides is 3. The van der Waals surface area contributed by atoms with Crippen molar-refractivity contribution in [2.24, 2.45) is 0 Å². The van der Waals surface area contributed by atoms with E-state index in [1.165, 1.54) is 24.2 Å². The lowest BCUT2D eigenvalue weighted by molar-refractivity contribution is -0.137. The van der Waals surface area contributed by atoms with E-state index in [0.717, 1.165) is 22.2 Å². The van der Waals surface area contributed by atoms with Gasteiger partial charge in [-0.1, -0.05) is 52.0 Å². The molecule has 0 aliphatic rings. The second kappa shape index (κ2) is 8.60. The molecule has 0 aliphatic heterocycles. The molecule has 6 nitrogen and oxygen atoms in total. The SMILES string of the molecule is FC(F)(F)c1cccc(-n2c(SCCn3cncn3)nnc2-c2ccccc2Br)c1. The van der Waals surface area contributed by atoms with Gasteiger partial charge in [0.2, 0.25) is 0 Å². The van der Waals surface area contributed by atoms with Crippen LogP contribution in [-0.2, 0) is 12.7 Å². The Kier molecular flexibility index (Phi) is 5.91. The normalized spacial score (nSPS) is 11.7. The maximum Gasteiger partial charge on any atom is 0.416 e. The number of aryl methyl sites for hydroxylation is 1. The van der Waals surface area contributed by atoms with Crippen molar-refractivity contribution in [3.63, 3.8) is 0 Å². The molecule has 4 aromatic rings. The van der Waals surface area contributed by atoms with Crippen molar-refractivity contribution in [1.82, 2.24) is 29.5 Å². The smallest absolute Gasteiger partial charge is 0.270 e. The summed E-state index contributed by atoms with van der Waals surface area (Å²) < 4.78 is 43.9. The number of benzene rings is 2. The van der Waals surface area contributed by atoms with Gasteiger partial charge in [-0.15, -0.1) is 10.2 Å². The van der Waals surface area contributed by atoms with Crippen LogP contribution in [0.15, 0.2) is 70.8 Å². The Morgan fingerprint density at radius 1 is 1.03 bits per heavy atom. The highest BCUT2D eigenvalue weighted by atomic mass is 79.9. The molecule has 0 aliphatic carbocycles. The standard InChI is InChI=1S/C19H14BrF3N6S/c20-16-7-2-1-6-15(16)17-26-27-18(30-9-8-28-12-24-11-25-28)29(17)14-5-3-4-13(10-14)19(21,22)23/h1-7,10-12H,8-9H2. The number of rotatable bonds is 6. The van der Waals surface area contributed by atoms with Gasteiger partial charge in [-0.2, -0.15) is 18.3 Å². The summed E-state index contributed by atoms with van der Waals surface area (Å²) in [5.74, 6) is 1.04. The molecule has 4 rings (SSSR count). The minimum atomic E-state index is -4.45. The summed E-state index contributed by atoms with van der Waals surface area (Å²) in [5.41, 5.74) is 0.333. The van der Waals surface area contributed by atoms with Gasteiger partial charge in [0, 0.05) is 15.8 Å². The van der Waals surface area contributed by atoms with Gasteiger partial charge in [-0.05, 0) is 24.3 Å². The van der Waals surface area contributed by atoms with Crippen molar-refractivity contribution >= 4 is 27.7 Å². The van der Waals surface area contributed by atoms with Crippen molar-refractivity contribution in [3.8, 4) is 17.1 Å². The van der Waals surface area contributed by atoms with Gasteiger partial charge in [-0.25, -0.2) is 4.98 Å². The third-order valence-corrected chi connectivity index (χ3v) is 5.80. The first-order chi connectivity index (χ1) is 14.4. The lowest BCUT2D eigenvalue weighted by atomic mass is 10.1. The molecule has 0 saturated carbocycles. The predicted molar refractivity (Wildman–Crippen MR) is 110 cm³/mol. The number of thioether (sulfide) groups is 1. The van der Waals surface area contributed by atoms with Gasteiger partial charge < -0.3 is 0 Å². The first-order valence-corrected chi connectivity index (χ1v) is 10.5. The van der Waals surface area contributed by atoms with Crippen molar-refractivity contribution < 1.29 is 13.2 Å². The van der Waals surface area contributed by atoms with E-state index in [-0.39, 0.29) is 0 Å². The Bertz CT molecular complexity index is 1140. The van der Waals surface area contributed by atoms with Crippen molar-refractivity contribution in [2.75, 3.05) is 5.75 Å². The Morgan fingerprint density at radius 3 is 2.60 bits per heavy atom. The summed E-state index contributed by atoms with van der Waals surface area (Å²) in [7, 11) is 0. The average molecular weight is 495 g/mol. The molecule has 0 bridgehead atoms. The minimum Gasteiger partial charge on any atom is -0.270 e. The van der Waals surface area contributed by atoms with E-state index in [1.54, 1.807) is 21.6 Å². The fraction of sp³-hybridized carbons (Fsp3) is 0.158. The summed E-state index contributed by atoms with van der Waals surface area (Å²) in [6.07, 6.45) is -1.40. The lowest BCUT2D eigenvalue weighted by Crippen LogP contribution is -2.07. The molecule has 0 saturated heterocycles. The quantitative estimate of drug-likeness (QED) is 0.349. The summed E-state index contributed by atoms with van der Waals surface area (Å²) in [6.45, 7) is 0.574.